The zero-order valence-electron chi connectivity index (χ0n) is 18.3. The summed E-state index contributed by atoms with van der Waals surface area (Å²) in [6.07, 6.45) is 0.838. The molecule has 0 radical (unpaired) electrons. The first-order valence-corrected chi connectivity index (χ1v) is 10.6. The number of rotatable bonds is 9. The van der Waals surface area contributed by atoms with E-state index in [1.165, 1.54) is 25.2 Å². The van der Waals surface area contributed by atoms with E-state index in [0.717, 1.165) is 6.42 Å². The molecule has 2 aromatic rings. The van der Waals surface area contributed by atoms with Gasteiger partial charge in [0.15, 0.2) is 0 Å². The smallest absolute Gasteiger partial charge is 0.295 e. The van der Waals surface area contributed by atoms with Crippen molar-refractivity contribution in [3.63, 3.8) is 0 Å². The maximum atomic E-state index is 13.0. The quantitative estimate of drug-likeness (QED) is 0.343. The van der Waals surface area contributed by atoms with E-state index in [4.69, 9.17) is 25.8 Å². The molecule has 0 aromatic heterocycles. The van der Waals surface area contributed by atoms with Crippen molar-refractivity contribution in [3.8, 4) is 11.5 Å². The Hall–Kier alpha value is -3.03. The molecule has 8 heteroatoms. The molecule has 1 atom stereocenters. The average Bonchev–Trinajstić information content (AvgIpc) is 3.06. The number of amides is 1. The second-order valence-electron chi connectivity index (χ2n) is 7.25. The molecule has 1 heterocycles. The molecule has 170 valence electrons. The van der Waals surface area contributed by atoms with E-state index in [-0.39, 0.29) is 35.1 Å². The Kier molecular flexibility index (Phi) is 7.77. The first-order valence-electron chi connectivity index (χ1n) is 10.3. The van der Waals surface area contributed by atoms with Crippen LogP contribution in [-0.4, -0.2) is 55.7 Å². The van der Waals surface area contributed by atoms with Gasteiger partial charge in [-0.3, -0.25) is 9.59 Å². The van der Waals surface area contributed by atoms with Crippen molar-refractivity contribution in [1.29, 1.82) is 0 Å². The molecule has 2 aromatic carbocycles. The van der Waals surface area contributed by atoms with Gasteiger partial charge in [-0.05, 0) is 42.3 Å². The minimum atomic E-state index is -0.822. The molecule has 0 saturated carbocycles. The number of aliphatic hydroxyl groups excluding tert-OH is 1. The maximum Gasteiger partial charge on any atom is 0.295 e. The van der Waals surface area contributed by atoms with E-state index in [9.17, 15) is 14.7 Å². The summed E-state index contributed by atoms with van der Waals surface area (Å²) in [7, 11) is 3.00. The summed E-state index contributed by atoms with van der Waals surface area (Å²) in [5.41, 5.74) is 0.794. The highest BCUT2D eigenvalue weighted by atomic mass is 35.5. The summed E-state index contributed by atoms with van der Waals surface area (Å²) in [5.74, 6) is -0.802. The van der Waals surface area contributed by atoms with Crippen molar-refractivity contribution in [2.24, 2.45) is 0 Å². The van der Waals surface area contributed by atoms with Gasteiger partial charge >= 0.3 is 0 Å². The Bertz CT molecular complexity index is 1030. The highest BCUT2D eigenvalue weighted by molar-refractivity contribution is 6.47. The summed E-state index contributed by atoms with van der Waals surface area (Å²) < 4.78 is 16.1. The predicted octanol–water partition coefficient (Wildman–Crippen LogP) is 4.21. The minimum absolute atomic E-state index is 0.0473. The number of nitrogens with zero attached hydrogens (tertiary/aromatic N) is 1. The molecule has 0 bridgehead atoms. The number of likely N-dealkylation sites (tertiary alicyclic amines) is 1. The number of halogens is 1. The highest BCUT2D eigenvalue weighted by Crippen LogP contribution is 2.41. The van der Waals surface area contributed by atoms with Crippen LogP contribution in [0.1, 0.15) is 30.5 Å². The first-order chi connectivity index (χ1) is 15.4. The average molecular weight is 460 g/mol. The second kappa shape index (κ2) is 10.5. The monoisotopic (exact) mass is 459 g/mol. The summed E-state index contributed by atoms with van der Waals surface area (Å²) in [5, 5.41) is 11.4. The number of aliphatic hydroxyl groups is 1. The van der Waals surface area contributed by atoms with Crippen LogP contribution in [0.25, 0.3) is 5.76 Å². The molecule has 1 saturated heterocycles. The van der Waals surface area contributed by atoms with E-state index >= 15 is 0 Å². The lowest BCUT2D eigenvalue weighted by atomic mass is 9.95. The lowest BCUT2D eigenvalue weighted by molar-refractivity contribution is -0.140. The van der Waals surface area contributed by atoms with Crippen LogP contribution < -0.4 is 9.47 Å². The zero-order valence-corrected chi connectivity index (χ0v) is 19.0. The second-order valence-corrected chi connectivity index (χ2v) is 7.66. The van der Waals surface area contributed by atoms with Gasteiger partial charge in [-0.15, -0.1) is 0 Å². The van der Waals surface area contributed by atoms with Crippen LogP contribution in [0.4, 0.5) is 0 Å². The lowest BCUT2D eigenvalue weighted by Gasteiger charge is -2.25. The van der Waals surface area contributed by atoms with Crippen molar-refractivity contribution in [1.82, 2.24) is 4.90 Å². The van der Waals surface area contributed by atoms with Crippen molar-refractivity contribution < 1.29 is 28.9 Å². The van der Waals surface area contributed by atoms with E-state index in [0.29, 0.717) is 23.7 Å². The summed E-state index contributed by atoms with van der Waals surface area (Å²) >= 11 is 6.31. The van der Waals surface area contributed by atoms with Crippen molar-refractivity contribution in [2.75, 3.05) is 34.0 Å². The molecule has 1 N–H and O–H groups in total. The zero-order chi connectivity index (χ0) is 23.3. The third kappa shape index (κ3) is 4.74. The number of methoxy groups -OCH3 is 2. The molecule has 1 unspecified atom stereocenters. The number of hydrogen-bond acceptors (Lipinski definition) is 6. The highest BCUT2D eigenvalue weighted by Gasteiger charge is 2.46. The molecular formula is C24H26ClNO6. The molecule has 3 rings (SSSR count). The van der Waals surface area contributed by atoms with Gasteiger partial charge in [0.05, 0.1) is 37.0 Å². The summed E-state index contributed by atoms with van der Waals surface area (Å²) in [4.78, 5) is 27.3. The lowest BCUT2D eigenvalue weighted by Crippen LogP contribution is -2.32. The molecule has 0 spiro atoms. The number of ketones is 1. The molecule has 7 nitrogen and oxygen atoms in total. The van der Waals surface area contributed by atoms with Gasteiger partial charge in [0.25, 0.3) is 11.7 Å². The maximum absolute atomic E-state index is 13.0. The van der Waals surface area contributed by atoms with E-state index in [1.54, 1.807) is 36.4 Å². The van der Waals surface area contributed by atoms with Crippen LogP contribution in [0.3, 0.4) is 0 Å². The first kappa shape index (κ1) is 23.6. The number of ether oxygens (including phenoxy) is 3. The Labute approximate surface area is 192 Å². The van der Waals surface area contributed by atoms with Crippen molar-refractivity contribution >= 4 is 29.1 Å². The SMILES string of the molecule is CCCOc1cccc(C2/C(=C(\O)c3cc(OC)ccc3Cl)C(=O)C(=O)N2CCOC)c1. The molecular weight excluding hydrogens is 434 g/mol. The minimum Gasteiger partial charge on any atom is -0.507 e. The largest absolute Gasteiger partial charge is 0.507 e. The van der Waals surface area contributed by atoms with Crippen LogP contribution in [0.5, 0.6) is 11.5 Å². The van der Waals surface area contributed by atoms with Gasteiger partial charge in [0.1, 0.15) is 17.3 Å². The topological polar surface area (TPSA) is 85.3 Å². The molecule has 0 aliphatic carbocycles. The van der Waals surface area contributed by atoms with E-state index < -0.39 is 17.7 Å². The third-order valence-electron chi connectivity index (χ3n) is 5.15. The van der Waals surface area contributed by atoms with Crippen LogP contribution in [0.2, 0.25) is 5.02 Å². The summed E-state index contributed by atoms with van der Waals surface area (Å²) in [6.45, 7) is 2.94. The van der Waals surface area contributed by atoms with Gasteiger partial charge in [-0.2, -0.15) is 0 Å². The Morgan fingerprint density at radius 2 is 1.88 bits per heavy atom. The van der Waals surface area contributed by atoms with Crippen LogP contribution in [0, 0.1) is 0 Å². The van der Waals surface area contributed by atoms with Crippen LogP contribution in [0.15, 0.2) is 48.0 Å². The van der Waals surface area contributed by atoms with Crippen molar-refractivity contribution in [2.45, 2.75) is 19.4 Å². The fourth-order valence-electron chi connectivity index (χ4n) is 3.60. The van der Waals surface area contributed by atoms with Gasteiger partial charge in [-0.25, -0.2) is 0 Å². The Morgan fingerprint density at radius 1 is 1.09 bits per heavy atom. The number of carbonyl (C=O) groups is 2. The Morgan fingerprint density at radius 3 is 2.56 bits per heavy atom. The standard InChI is InChI=1S/C24H26ClNO6/c1-4-11-32-17-7-5-6-15(13-17)21-20(23(28)24(29)26(21)10-12-30-2)22(27)18-14-16(31-3)8-9-19(18)25/h5-9,13-14,21,27H,4,10-12H2,1-3H3/b22-20+. The normalized spacial score (nSPS) is 17.6. The summed E-state index contributed by atoms with van der Waals surface area (Å²) in [6, 6.07) is 11.1. The molecule has 1 aliphatic heterocycles. The van der Waals surface area contributed by atoms with Gasteiger partial charge < -0.3 is 24.2 Å². The number of Topliss-reactive ketones (excluding diaryl/α,β-unsaturated/α-hetero) is 1. The molecule has 1 amide bonds. The Balaban J connectivity index is 2.17. The predicted molar refractivity (Wildman–Crippen MR) is 121 cm³/mol. The number of carbonyl (C=O) groups excluding carboxylic acids is 2. The van der Waals surface area contributed by atoms with Crippen LogP contribution >= 0.6 is 11.6 Å². The van der Waals surface area contributed by atoms with E-state index in [2.05, 4.69) is 0 Å². The van der Waals surface area contributed by atoms with Gasteiger partial charge in [-0.1, -0.05) is 30.7 Å². The number of hydrogen-bond donors (Lipinski definition) is 1. The fourth-order valence-corrected chi connectivity index (χ4v) is 3.81. The number of benzene rings is 2. The van der Waals surface area contributed by atoms with Crippen LogP contribution in [-0.2, 0) is 14.3 Å². The third-order valence-corrected chi connectivity index (χ3v) is 5.48. The molecule has 1 aliphatic rings. The van der Waals surface area contributed by atoms with Gasteiger partial charge in [0, 0.05) is 19.2 Å². The van der Waals surface area contributed by atoms with E-state index in [1.807, 2.05) is 6.92 Å². The molecule has 32 heavy (non-hydrogen) atoms. The molecule has 1 fully saturated rings. The fraction of sp³-hybridized carbons (Fsp3) is 0.333. The van der Waals surface area contributed by atoms with Gasteiger partial charge in [0.2, 0.25) is 0 Å². The van der Waals surface area contributed by atoms with Crippen molar-refractivity contribution in [3.05, 3.63) is 64.2 Å².